The molecule has 0 saturated carbocycles. The van der Waals surface area contributed by atoms with Gasteiger partial charge in [-0.2, -0.15) is 5.26 Å². The smallest absolute Gasteiger partial charge is 0.282 e. The van der Waals surface area contributed by atoms with E-state index in [4.69, 9.17) is 9.72 Å². The normalized spacial score (nSPS) is 20.6. The number of carbonyl (C=O) groups is 1. The minimum Gasteiger partial charge on any atom is -0.471 e. The summed E-state index contributed by atoms with van der Waals surface area (Å²) in [6.07, 6.45) is 3.80. The molecule has 49 heavy (non-hydrogen) atoms. The van der Waals surface area contributed by atoms with Gasteiger partial charge in [-0.25, -0.2) is 22.8 Å². The summed E-state index contributed by atoms with van der Waals surface area (Å²) in [5.41, 5.74) is 1.62. The van der Waals surface area contributed by atoms with Crippen LogP contribution in [-0.2, 0) is 4.79 Å². The molecule has 2 saturated heterocycles. The second-order valence-electron chi connectivity index (χ2n) is 13.0. The molecule has 1 amide bonds. The van der Waals surface area contributed by atoms with Crippen molar-refractivity contribution in [2.24, 2.45) is 0 Å². The van der Waals surface area contributed by atoms with Crippen molar-refractivity contribution < 1.29 is 22.7 Å². The summed E-state index contributed by atoms with van der Waals surface area (Å²) >= 11 is 0. The topological polar surface area (TPSA) is 113 Å². The first kappa shape index (κ1) is 32.5. The predicted molar refractivity (Wildman–Crippen MR) is 178 cm³/mol. The van der Waals surface area contributed by atoms with Crippen LogP contribution in [0.1, 0.15) is 50.6 Å². The summed E-state index contributed by atoms with van der Waals surface area (Å²) in [5, 5.41) is 19.6. The van der Waals surface area contributed by atoms with Crippen LogP contribution < -0.4 is 4.74 Å². The molecule has 252 valence electrons. The number of ether oxygens (including phenoxy) is 1. The molecule has 2 aliphatic heterocycles. The third-order valence-corrected chi connectivity index (χ3v) is 10.0. The van der Waals surface area contributed by atoms with Gasteiger partial charge in [-0.15, -0.1) is 5.10 Å². The molecule has 0 spiro atoms. The Morgan fingerprint density at radius 3 is 2.71 bits per heavy atom. The van der Waals surface area contributed by atoms with Crippen molar-refractivity contribution in [3.8, 4) is 23.1 Å². The number of hydrogen-bond acceptors (Lipinski definition) is 8. The average Bonchev–Trinajstić information content (AvgIpc) is 3.73. The van der Waals surface area contributed by atoms with E-state index >= 15 is 8.78 Å². The lowest BCUT2D eigenvalue weighted by atomic mass is 9.93. The molecule has 0 unspecified atom stereocenters. The van der Waals surface area contributed by atoms with Crippen molar-refractivity contribution in [2.45, 2.75) is 70.2 Å². The first-order chi connectivity index (χ1) is 23.6. The SMILES string of the molecule is C=C(F)C(=O)N1CC[C@H](n2nnc3c(O[C@@H](C)[C@@H]4CCCN4C)nc4c(F)c(-c5c(F)ccc6cccnc56)c(C)cc4c32)C[C@H]1CC#N. The van der Waals surface area contributed by atoms with Gasteiger partial charge in [0.15, 0.2) is 17.2 Å². The summed E-state index contributed by atoms with van der Waals surface area (Å²) in [4.78, 5) is 25.2. The lowest BCUT2D eigenvalue weighted by Crippen LogP contribution is -2.46. The second kappa shape index (κ2) is 12.7. The Morgan fingerprint density at radius 2 is 1.98 bits per heavy atom. The highest BCUT2D eigenvalue weighted by Crippen LogP contribution is 2.42. The van der Waals surface area contributed by atoms with Gasteiger partial charge in [0.1, 0.15) is 23.0 Å². The molecule has 5 heterocycles. The van der Waals surface area contributed by atoms with Crippen molar-refractivity contribution in [3.05, 3.63) is 66.1 Å². The molecule has 2 aromatic carbocycles. The fraction of sp³-hybridized carbons (Fsp3) is 0.389. The van der Waals surface area contributed by atoms with Crippen molar-refractivity contribution in [1.82, 2.24) is 34.8 Å². The predicted octanol–water partition coefficient (Wildman–Crippen LogP) is 6.57. The van der Waals surface area contributed by atoms with Gasteiger partial charge in [0.2, 0.25) is 5.88 Å². The quantitative estimate of drug-likeness (QED) is 0.179. The van der Waals surface area contributed by atoms with Crippen molar-refractivity contribution in [3.63, 3.8) is 0 Å². The van der Waals surface area contributed by atoms with E-state index in [0.717, 1.165) is 19.4 Å². The number of nitrogens with zero attached hydrogens (tertiary/aromatic N) is 8. The number of hydrogen-bond donors (Lipinski definition) is 0. The maximum absolute atomic E-state index is 17.1. The highest BCUT2D eigenvalue weighted by Gasteiger charge is 2.36. The average molecular weight is 669 g/mol. The van der Waals surface area contributed by atoms with Gasteiger partial charge in [-0.1, -0.05) is 17.9 Å². The summed E-state index contributed by atoms with van der Waals surface area (Å²) in [6.45, 7) is 7.88. The fourth-order valence-electron chi connectivity index (χ4n) is 7.66. The third-order valence-electron chi connectivity index (χ3n) is 10.0. The molecule has 2 aliphatic rings. The Hall–Kier alpha value is -5.09. The minimum absolute atomic E-state index is 0.0209. The molecular formula is C36H35F3N8O2. The van der Waals surface area contributed by atoms with Gasteiger partial charge in [-0.3, -0.25) is 14.7 Å². The van der Waals surface area contributed by atoms with E-state index in [0.29, 0.717) is 39.3 Å². The molecule has 0 radical (unpaired) electrons. The fourth-order valence-corrected chi connectivity index (χ4v) is 7.66. The molecule has 0 aliphatic carbocycles. The molecule has 13 heteroatoms. The Balaban J connectivity index is 1.43. The maximum atomic E-state index is 17.1. The van der Waals surface area contributed by atoms with E-state index < -0.39 is 29.4 Å². The van der Waals surface area contributed by atoms with Gasteiger partial charge in [0, 0.05) is 46.7 Å². The number of amides is 1. The first-order valence-corrected chi connectivity index (χ1v) is 16.4. The molecule has 10 nitrogen and oxygen atoms in total. The van der Waals surface area contributed by atoms with Crippen molar-refractivity contribution in [1.29, 1.82) is 5.26 Å². The van der Waals surface area contributed by atoms with E-state index in [1.807, 2.05) is 14.0 Å². The number of rotatable bonds is 7. The van der Waals surface area contributed by atoms with Crippen LogP contribution in [0, 0.1) is 29.9 Å². The van der Waals surface area contributed by atoms with E-state index in [-0.39, 0.29) is 60.1 Å². The number of fused-ring (bicyclic) bond motifs is 4. The zero-order valence-corrected chi connectivity index (χ0v) is 27.5. The lowest BCUT2D eigenvalue weighted by molar-refractivity contribution is -0.132. The van der Waals surface area contributed by atoms with E-state index in [1.165, 1.54) is 11.0 Å². The van der Waals surface area contributed by atoms with E-state index in [9.17, 15) is 14.4 Å². The van der Waals surface area contributed by atoms with Crippen LogP contribution in [0.2, 0.25) is 0 Å². The van der Waals surface area contributed by atoms with E-state index in [2.05, 4.69) is 32.8 Å². The third kappa shape index (κ3) is 5.53. The molecule has 0 N–H and O–H groups in total. The Labute approximate surface area is 280 Å². The zero-order chi connectivity index (χ0) is 34.6. The maximum Gasteiger partial charge on any atom is 0.282 e. The number of likely N-dealkylation sites (tertiary alicyclic amines) is 2. The Bertz CT molecular complexity index is 2180. The summed E-state index contributed by atoms with van der Waals surface area (Å²) in [7, 11) is 2.03. The molecule has 5 aromatic rings. The van der Waals surface area contributed by atoms with Crippen LogP contribution in [0.25, 0.3) is 44.0 Å². The van der Waals surface area contributed by atoms with Crippen LogP contribution in [-0.4, -0.2) is 79.0 Å². The first-order valence-electron chi connectivity index (χ1n) is 16.4. The van der Waals surface area contributed by atoms with Crippen LogP contribution in [0.4, 0.5) is 13.2 Å². The molecular weight excluding hydrogens is 633 g/mol. The number of halogens is 3. The van der Waals surface area contributed by atoms with Crippen LogP contribution in [0.15, 0.2) is 48.9 Å². The van der Waals surface area contributed by atoms with Crippen LogP contribution in [0.5, 0.6) is 5.88 Å². The Kier molecular flexibility index (Phi) is 8.44. The number of nitriles is 1. The molecule has 3 aromatic heterocycles. The largest absolute Gasteiger partial charge is 0.471 e. The molecule has 2 fully saturated rings. The van der Waals surface area contributed by atoms with E-state index in [1.54, 1.807) is 42.1 Å². The highest BCUT2D eigenvalue weighted by atomic mass is 19.1. The number of likely N-dealkylation sites (N-methyl/N-ethyl adjacent to an activating group) is 1. The number of carbonyl (C=O) groups excluding carboxylic acids is 1. The van der Waals surface area contributed by atoms with Crippen molar-refractivity contribution in [2.75, 3.05) is 20.1 Å². The minimum atomic E-state index is -1.09. The van der Waals surface area contributed by atoms with Gasteiger partial charge < -0.3 is 9.64 Å². The van der Waals surface area contributed by atoms with Gasteiger partial charge in [-0.05, 0) is 83.0 Å². The van der Waals surface area contributed by atoms with Gasteiger partial charge in [0.25, 0.3) is 5.91 Å². The number of aryl methyl sites for hydroxylation is 1. The standard InChI is InChI=1S/C36H35F3N8O2/c1-19-17-25-32(30(39)28(19)29-26(38)10-9-22-7-5-14-41-31(22)29)42-35(49-21(3)27-8-6-15-45(27)4)33-34(25)47(44-43-33)24-12-16-46(36(48)20(2)37)23(18-24)11-13-40/h5,7,9-10,14,17,21,23-24,27H,2,6,8,11-12,15-16,18H2,1,3-4H3/t21-,23+,24-,27-/m0/s1. The highest BCUT2D eigenvalue weighted by molar-refractivity contribution is 6.07. The number of pyridine rings is 2. The molecule has 4 atom stereocenters. The molecule has 0 bridgehead atoms. The Morgan fingerprint density at radius 1 is 1.16 bits per heavy atom. The van der Waals surface area contributed by atoms with Crippen LogP contribution in [0.3, 0.4) is 0 Å². The monoisotopic (exact) mass is 668 g/mol. The second-order valence-corrected chi connectivity index (χ2v) is 13.0. The lowest BCUT2D eigenvalue weighted by Gasteiger charge is -2.38. The number of benzene rings is 2. The van der Waals surface area contributed by atoms with Gasteiger partial charge >= 0.3 is 0 Å². The number of aromatic nitrogens is 5. The van der Waals surface area contributed by atoms with Crippen LogP contribution >= 0.6 is 0 Å². The summed E-state index contributed by atoms with van der Waals surface area (Å²) in [5.74, 6) is -3.19. The summed E-state index contributed by atoms with van der Waals surface area (Å²) in [6, 6.07) is 9.42. The van der Waals surface area contributed by atoms with Gasteiger partial charge in [0.05, 0.1) is 24.0 Å². The number of piperidine rings is 1. The van der Waals surface area contributed by atoms with Crippen molar-refractivity contribution >= 4 is 38.7 Å². The zero-order valence-electron chi connectivity index (χ0n) is 27.5. The molecule has 7 rings (SSSR count). The summed E-state index contributed by atoms with van der Waals surface area (Å²) < 4.78 is 54.8.